The van der Waals surface area contributed by atoms with Gasteiger partial charge >= 0.3 is 0 Å². The molecule has 8 nitrogen and oxygen atoms in total. The molecule has 130 valence electrons. The third-order valence-corrected chi connectivity index (χ3v) is 4.85. The molecule has 1 amide bonds. The van der Waals surface area contributed by atoms with Crippen LogP contribution in [0.3, 0.4) is 0 Å². The molecule has 0 fully saturated rings. The van der Waals surface area contributed by atoms with E-state index in [0.29, 0.717) is 18.7 Å². The molecule has 0 bridgehead atoms. The van der Waals surface area contributed by atoms with Crippen LogP contribution in [0.15, 0.2) is 41.8 Å². The van der Waals surface area contributed by atoms with Crippen molar-refractivity contribution in [3.8, 4) is 0 Å². The van der Waals surface area contributed by atoms with Crippen molar-refractivity contribution in [1.29, 1.82) is 0 Å². The van der Waals surface area contributed by atoms with Crippen LogP contribution in [-0.4, -0.2) is 41.7 Å². The van der Waals surface area contributed by atoms with Gasteiger partial charge in [0.15, 0.2) is 0 Å². The lowest BCUT2D eigenvalue weighted by Gasteiger charge is -2.14. The molecular weight excluding hydrogens is 330 g/mol. The Morgan fingerprint density at radius 1 is 1.29 bits per heavy atom. The number of aromatic nitrogens is 3. The van der Waals surface area contributed by atoms with E-state index in [1.54, 1.807) is 11.6 Å². The van der Waals surface area contributed by atoms with Gasteiger partial charge in [0.1, 0.15) is 12.7 Å². The fourth-order valence-corrected chi connectivity index (χ4v) is 3.34. The average Bonchev–Trinajstić information content (AvgIpc) is 3.05. The van der Waals surface area contributed by atoms with Gasteiger partial charge in [0.05, 0.1) is 11.4 Å². The Hall–Kier alpha value is -2.26. The SMILES string of the molecule is CCCNC(=O)c1ccc(S(=O)(=O)NC(C)Cn2cncn2)cc1. The molecule has 0 aliphatic heterocycles. The van der Waals surface area contributed by atoms with Gasteiger partial charge < -0.3 is 5.32 Å². The molecule has 2 rings (SSSR count). The predicted molar refractivity (Wildman–Crippen MR) is 88.9 cm³/mol. The molecule has 2 aromatic rings. The van der Waals surface area contributed by atoms with Crippen molar-refractivity contribution >= 4 is 15.9 Å². The summed E-state index contributed by atoms with van der Waals surface area (Å²) < 4.78 is 28.9. The van der Waals surface area contributed by atoms with E-state index < -0.39 is 10.0 Å². The third kappa shape index (κ3) is 4.87. The summed E-state index contributed by atoms with van der Waals surface area (Å²) in [7, 11) is -3.67. The highest BCUT2D eigenvalue weighted by Crippen LogP contribution is 2.11. The first-order chi connectivity index (χ1) is 11.4. The van der Waals surface area contributed by atoms with Crippen LogP contribution in [0.5, 0.6) is 0 Å². The van der Waals surface area contributed by atoms with Gasteiger partial charge in [-0.15, -0.1) is 0 Å². The quantitative estimate of drug-likeness (QED) is 0.731. The van der Waals surface area contributed by atoms with Crippen molar-refractivity contribution in [2.75, 3.05) is 6.54 Å². The van der Waals surface area contributed by atoms with E-state index in [9.17, 15) is 13.2 Å². The van der Waals surface area contributed by atoms with Crippen LogP contribution in [0.4, 0.5) is 0 Å². The highest BCUT2D eigenvalue weighted by molar-refractivity contribution is 7.89. The normalized spacial score (nSPS) is 12.8. The van der Waals surface area contributed by atoms with Crippen molar-refractivity contribution < 1.29 is 13.2 Å². The number of sulfonamides is 1. The molecule has 1 aromatic heterocycles. The molecule has 0 saturated carbocycles. The largest absolute Gasteiger partial charge is 0.352 e. The number of amides is 1. The Kier molecular flexibility index (Phi) is 6.04. The summed E-state index contributed by atoms with van der Waals surface area (Å²) in [6.07, 6.45) is 3.75. The molecule has 1 unspecified atom stereocenters. The van der Waals surface area contributed by atoms with Gasteiger partial charge in [-0.05, 0) is 37.6 Å². The molecular formula is C15H21N5O3S. The smallest absolute Gasteiger partial charge is 0.251 e. The summed E-state index contributed by atoms with van der Waals surface area (Å²) in [5.41, 5.74) is 0.429. The lowest BCUT2D eigenvalue weighted by molar-refractivity contribution is 0.0953. The topological polar surface area (TPSA) is 106 Å². The third-order valence-electron chi connectivity index (χ3n) is 3.25. The monoisotopic (exact) mass is 351 g/mol. The number of hydrogen-bond acceptors (Lipinski definition) is 5. The zero-order chi connectivity index (χ0) is 17.6. The Morgan fingerprint density at radius 3 is 2.58 bits per heavy atom. The van der Waals surface area contributed by atoms with E-state index in [1.165, 1.54) is 36.9 Å². The number of benzene rings is 1. The molecule has 1 heterocycles. The molecule has 0 aliphatic carbocycles. The van der Waals surface area contributed by atoms with E-state index in [4.69, 9.17) is 0 Å². The first-order valence-corrected chi connectivity index (χ1v) is 9.13. The molecule has 1 atom stereocenters. The van der Waals surface area contributed by atoms with E-state index in [1.807, 2.05) is 6.92 Å². The minimum atomic E-state index is -3.67. The zero-order valence-corrected chi connectivity index (χ0v) is 14.5. The fraction of sp³-hybridized carbons (Fsp3) is 0.400. The lowest BCUT2D eigenvalue weighted by Crippen LogP contribution is -2.35. The highest BCUT2D eigenvalue weighted by Gasteiger charge is 2.18. The van der Waals surface area contributed by atoms with E-state index in [0.717, 1.165) is 6.42 Å². The number of rotatable bonds is 8. The van der Waals surface area contributed by atoms with Gasteiger partial charge in [-0.3, -0.25) is 9.48 Å². The van der Waals surface area contributed by atoms with Gasteiger partial charge in [-0.2, -0.15) is 5.10 Å². The predicted octanol–water partition coefficient (Wildman–Crippen LogP) is 0.785. The Morgan fingerprint density at radius 2 is 2.00 bits per heavy atom. The van der Waals surface area contributed by atoms with Crippen molar-refractivity contribution in [1.82, 2.24) is 24.8 Å². The van der Waals surface area contributed by atoms with Crippen molar-refractivity contribution in [3.05, 3.63) is 42.5 Å². The van der Waals surface area contributed by atoms with Crippen LogP contribution < -0.4 is 10.0 Å². The maximum atomic E-state index is 12.4. The summed E-state index contributed by atoms with van der Waals surface area (Å²) in [6, 6.07) is 5.49. The second-order valence-electron chi connectivity index (χ2n) is 5.42. The second kappa shape index (κ2) is 8.02. The van der Waals surface area contributed by atoms with Crippen molar-refractivity contribution in [3.63, 3.8) is 0 Å². The maximum absolute atomic E-state index is 12.4. The van der Waals surface area contributed by atoms with Gasteiger partial charge in [0, 0.05) is 18.2 Å². The molecule has 9 heteroatoms. The maximum Gasteiger partial charge on any atom is 0.251 e. The summed E-state index contributed by atoms with van der Waals surface area (Å²) in [5, 5.41) is 6.68. The summed E-state index contributed by atoms with van der Waals surface area (Å²) in [6.45, 7) is 4.66. The first kappa shape index (κ1) is 18.1. The van der Waals surface area contributed by atoms with Crippen LogP contribution in [0.2, 0.25) is 0 Å². The number of carbonyl (C=O) groups excluding carboxylic acids is 1. The van der Waals surface area contributed by atoms with Gasteiger partial charge in [0.2, 0.25) is 10.0 Å². The zero-order valence-electron chi connectivity index (χ0n) is 13.6. The summed E-state index contributed by atoms with van der Waals surface area (Å²) >= 11 is 0. The fourth-order valence-electron chi connectivity index (χ4n) is 2.10. The number of carbonyl (C=O) groups is 1. The van der Waals surface area contributed by atoms with Gasteiger partial charge in [-0.25, -0.2) is 18.1 Å². The molecule has 0 saturated heterocycles. The summed E-state index contributed by atoms with van der Waals surface area (Å²) in [4.78, 5) is 15.8. The number of hydrogen-bond donors (Lipinski definition) is 2. The molecule has 2 N–H and O–H groups in total. The Bertz CT molecular complexity index is 757. The Balaban J connectivity index is 2.02. The van der Waals surface area contributed by atoms with Gasteiger partial charge in [0.25, 0.3) is 5.91 Å². The van der Waals surface area contributed by atoms with Gasteiger partial charge in [-0.1, -0.05) is 6.92 Å². The first-order valence-electron chi connectivity index (χ1n) is 7.65. The molecule has 0 spiro atoms. The standard InChI is InChI=1S/C15H21N5O3S/c1-3-8-17-15(21)13-4-6-14(7-5-13)24(22,23)19-12(2)9-20-11-16-10-18-20/h4-7,10-12,19H,3,8-9H2,1-2H3,(H,17,21). The molecule has 1 aromatic carbocycles. The summed E-state index contributed by atoms with van der Waals surface area (Å²) in [5.74, 6) is -0.215. The van der Waals surface area contributed by atoms with Crippen LogP contribution in [0, 0.1) is 0 Å². The number of nitrogens with zero attached hydrogens (tertiary/aromatic N) is 3. The average molecular weight is 351 g/mol. The van der Waals surface area contributed by atoms with Crippen molar-refractivity contribution in [2.24, 2.45) is 0 Å². The highest BCUT2D eigenvalue weighted by atomic mass is 32.2. The number of nitrogens with one attached hydrogen (secondary N) is 2. The van der Waals surface area contributed by atoms with E-state index in [2.05, 4.69) is 20.1 Å². The van der Waals surface area contributed by atoms with Crippen LogP contribution in [0.25, 0.3) is 0 Å². The van der Waals surface area contributed by atoms with Crippen molar-refractivity contribution in [2.45, 2.75) is 37.8 Å². The van der Waals surface area contributed by atoms with Crippen LogP contribution in [0.1, 0.15) is 30.6 Å². The van der Waals surface area contributed by atoms with Crippen LogP contribution in [-0.2, 0) is 16.6 Å². The minimum Gasteiger partial charge on any atom is -0.352 e. The van der Waals surface area contributed by atoms with E-state index in [-0.39, 0.29) is 16.8 Å². The minimum absolute atomic E-state index is 0.111. The molecule has 0 aliphatic rings. The molecule has 24 heavy (non-hydrogen) atoms. The van der Waals surface area contributed by atoms with E-state index >= 15 is 0 Å². The molecule has 0 radical (unpaired) electrons. The lowest BCUT2D eigenvalue weighted by atomic mass is 10.2. The Labute approximate surface area is 141 Å². The van der Waals surface area contributed by atoms with Crippen LogP contribution >= 0.6 is 0 Å². The second-order valence-corrected chi connectivity index (χ2v) is 7.13.